The highest BCUT2D eigenvalue weighted by Crippen LogP contribution is 2.19. The molecule has 2 aromatic carbocycles. The van der Waals surface area contributed by atoms with Gasteiger partial charge in [0.15, 0.2) is 11.6 Å². The number of urea groups is 1. The van der Waals surface area contributed by atoms with Gasteiger partial charge in [0, 0.05) is 0 Å². The minimum Gasteiger partial charge on any atom is -0.352 e. The van der Waals surface area contributed by atoms with Gasteiger partial charge in [0.05, 0.1) is 18.5 Å². The summed E-state index contributed by atoms with van der Waals surface area (Å²) in [6.45, 7) is 1.66. The number of carbonyl (C=O) groups is 2. The smallest absolute Gasteiger partial charge is 0.312 e. The average molecular weight is 347 g/mol. The highest BCUT2D eigenvalue weighted by molar-refractivity contribution is 5.79. The predicted octanol–water partition coefficient (Wildman–Crippen LogP) is 2.94. The molecule has 2 aromatic rings. The molecule has 0 radical (unpaired) electrons. The van der Waals surface area contributed by atoms with E-state index in [4.69, 9.17) is 5.73 Å². The van der Waals surface area contributed by atoms with E-state index in [0.717, 1.165) is 17.7 Å². The van der Waals surface area contributed by atoms with Gasteiger partial charge in [0.25, 0.3) is 0 Å². The number of carbonyl (C=O) groups excluding carboxylic acids is 2. The lowest BCUT2D eigenvalue weighted by Crippen LogP contribution is -2.37. The number of rotatable bonds is 6. The summed E-state index contributed by atoms with van der Waals surface area (Å²) < 4.78 is 26.3. The van der Waals surface area contributed by atoms with Crippen LogP contribution in [0.5, 0.6) is 0 Å². The van der Waals surface area contributed by atoms with E-state index in [1.54, 1.807) is 31.2 Å². The number of nitrogens with two attached hydrogens (primary N) is 1. The van der Waals surface area contributed by atoms with Crippen LogP contribution in [0.4, 0.5) is 13.6 Å². The summed E-state index contributed by atoms with van der Waals surface area (Å²) >= 11 is 0. The fourth-order valence-electron chi connectivity index (χ4n) is 2.46. The lowest BCUT2D eigenvalue weighted by molar-refractivity contribution is -0.122. The summed E-state index contributed by atoms with van der Waals surface area (Å²) in [4.78, 5) is 23.5. The van der Waals surface area contributed by atoms with Crippen molar-refractivity contribution in [2.45, 2.75) is 25.4 Å². The second-order valence-electron chi connectivity index (χ2n) is 5.64. The molecule has 0 heterocycles. The molecule has 0 saturated heterocycles. The van der Waals surface area contributed by atoms with Gasteiger partial charge < -0.3 is 16.4 Å². The van der Waals surface area contributed by atoms with Crippen LogP contribution in [0.3, 0.4) is 0 Å². The highest BCUT2D eigenvalue weighted by Gasteiger charge is 2.19. The molecule has 2 rings (SSSR count). The molecule has 0 spiro atoms. The summed E-state index contributed by atoms with van der Waals surface area (Å²) in [6, 6.07) is 10.5. The molecule has 7 heteroatoms. The fourth-order valence-corrected chi connectivity index (χ4v) is 2.46. The minimum absolute atomic E-state index is 0.0407. The number of hydrogen-bond acceptors (Lipinski definition) is 2. The Balaban J connectivity index is 2.05. The first-order valence-electron chi connectivity index (χ1n) is 7.72. The van der Waals surface area contributed by atoms with E-state index in [2.05, 4.69) is 10.6 Å². The Hall–Kier alpha value is -2.96. The van der Waals surface area contributed by atoms with Gasteiger partial charge in [-0.15, -0.1) is 0 Å². The minimum atomic E-state index is -0.976. The first-order chi connectivity index (χ1) is 11.9. The van der Waals surface area contributed by atoms with E-state index in [-0.39, 0.29) is 12.3 Å². The van der Waals surface area contributed by atoms with Crippen LogP contribution >= 0.6 is 0 Å². The zero-order valence-electron chi connectivity index (χ0n) is 13.6. The van der Waals surface area contributed by atoms with Gasteiger partial charge in [-0.3, -0.25) is 4.79 Å². The van der Waals surface area contributed by atoms with E-state index in [9.17, 15) is 18.4 Å². The second-order valence-corrected chi connectivity index (χ2v) is 5.64. The van der Waals surface area contributed by atoms with Crippen LogP contribution in [-0.4, -0.2) is 11.9 Å². The van der Waals surface area contributed by atoms with E-state index in [1.807, 2.05) is 6.07 Å². The maximum atomic E-state index is 13.3. The van der Waals surface area contributed by atoms with Crippen LogP contribution in [0.15, 0.2) is 48.5 Å². The molecule has 3 amide bonds. The van der Waals surface area contributed by atoms with Crippen molar-refractivity contribution < 1.29 is 18.4 Å². The summed E-state index contributed by atoms with van der Waals surface area (Å²) in [5, 5.41) is 5.22. The van der Waals surface area contributed by atoms with Gasteiger partial charge in [-0.05, 0) is 30.2 Å². The Morgan fingerprint density at radius 1 is 1.00 bits per heavy atom. The fraction of sp³-hybridized carbons (Fsp3) is 0.222. The van der Waals surface area contributed by atoms with Gasteiger partial charge in [0.2, 0.25) is 5.91 Å². The summed E-state index contributed by atoms with van der Waals surface area (Å²) in [7, 11) is 0. The van der Waals surface area contributed by atoms with Crippen LogP contribution in [0, 0.1) is 11.6 Å². The number of hydrogen-bond donors (Lipinski definition) is 3. The Morgan fingerprint density at radius 3 is 2.28 bits per heavy atom. The van der Waals surface area contributed by atoms with Crippen LogP contribution in [0.1, 0.15) is 36.6 Å². The number of amides is 3. The van der Waals surface area contributed by atoms with Crippen molar-refractivity contribution in [2.24, 2.45) is 5.73 Å². The molecule has 0 aromatic heterocycles. The molecule has 2 unspecified atom stereocenters. The SMILES string of the molecule is CC(NC(=O)CC(NC(N)=O)c1ccccc1)c1ccc(F)c(F)c1. The van der Waals surface area contributed by atoms with Crippen molar-refractivity contribution in [2.75, 3.05) is 0 Å². The standard InChI is InChI=1S/C18H19F2N3O2/c1-11(13-7-8-14(19)15(20)9-13)22-17(24)10-16(23-18(21)25)12-5-3-2-4-6-12/h2-9,11,16H,10H2,1H3,(H,22,24)(H3,21,23,25). The predicted molar refractivity (Wildman–Crippen MR) is 89.4 cm³/mol. The van der Waals surface area contributed by atoms with Crippen molar-refractivity contribution in [3.05, 3.63) is 71.3 Å². The first-order valence-corrected chi connectivity index (χ1v) is 7.72. The van der Waals surface area contributed by atoms with Crippen LogP contribution in [0.25, 0.3) is 0 Å². The lowest BCUT2D eigenvalue weighted by atomic mass is 10.0. The van der Waals surface area contributed by atoms with Crippen molar-refractivity contribution in [1.82, 2.24) is 10.6 Å². The molecule has 0 saturated carbocycles. The molecule has 2 atom stereocenters. The van der Waals surface area contributed by atoms with Crippen molar-refractivity contribution in [3.63, 3.8) is 0 Å². The second kappa shape index (κ2) is 8.23. The van der Waals surface area contributed by atoms with Crippen LogP contribution < -0.4 is 16.4 Å². The number of halogens is 2. The summed E-state index contributed by atoms with van der Waals surface area (Å²) in [6.07, 6.45) is -0.0407. The van der Waals surface area contributed by atoms with E-state index >= 15 is 0 Å². The quantitative estimate of drug-likeness (QED) is 0.751. The molecule has 132 valence electrons. The molecule has 0 fully saturated rings. The Labute approximate surface area is 144 Å². The van der Waals surface area contributed by atoms with Gasteiger partial charge in [0.1, 0.15) is 0 Å². The average Bonchev–Trinajstić information content (AvgIpc) is 2.57. The van der Waals surface area contributed by atoms with Gasteiger partial charge in [-0.2, -0.15) is 0 Å². The molecule has 25 heavy (non-hydrogen) atoms. The molecule has 0 aliphatic carbocycles. The maximum Gasteiger partial charge on any atom is 0.312 e. The molecule has 0 aliphatic rings. The number of benzene rings is 2. The van der Waals surface area contributed by atoms with Crippen LogP contribution in [0.2, 0.25) is 0 Å². The lowest BCUT2D eigenvalue weighted by Gasteiger charge is -2.20. The maximum absolute atomic E-state index is 13.3. The monoisotopic (exact) mass is 347 g/mol. The number of primary amides is 1. The van der Waals surface area contributed by atoms with Gasteiger partial charge >= 0.3 is 6.03 Å². The van der Waals surface area contributed by atoms with E-state index in [1.165, 1.54) is 6.07 Å². The van der Waals surface area contributed by atoms with Gasteiger partial charge in [-0.25, -0.2) is 13.6 Å². The third-order valence-corrected chi connectivity index (χ3v) is 3.73. The third kappa shape index (κ3) is 5.27. The summed E-state index contributed by atoms with van der Waals surface area (Å²) in [5.41, 5.74) is 6.34. The normalized spacial score (nSPS) is 12.9. The highest BCUT2D eigenvalue weighted by atomic mass is 19.2. The Morgan fingerprint density at radius 2 is 1.68 bits per heavy atom. The van der Waals surface area contributed by atoms with E-state index < -0.39 is 29.7 Å². The number of nitrogens with one attached hydrogen (secondary N) is 2. The van der Waals surface area contributed by atoms with Crippen molar-refractivity contribution in [1.29, 1.82) is 0 Å². The van der Waals surface area contributed by atoms with Gasteiger partial charge in [-0.1, -0.05) is 36.4 Å². The molecule has 0 aliphatic heterocycles. The molecule has 4 N–H and O–H groups in total. The van der Waals surface area contributed by atoms with Crippen molar-refractivity contribution >= 4 is 11.9 Å². The largest absolute Gasteiger partial charge is 0.352 e. The molecular weight excluding hydrogens is 328 g/mol. The first kappa shape index (κ1) is 18.4. The molecule has 5 nitrogen and oxygen atoms in total. The Bertz CT molecular complexity index is 753. The molecule has 0 bridgehead atoms. The zero-order valence-corrected chi connectivity index (χ0v) is 13.6. The van der Waals surface area contributed by atoms with Crippen LogP contribution in [-0.2, 0) is 4.79 Å². The molecular formula is C18H19F2N3O2. The van der Waals surface area contributed by atoms with Crippen molar-refractivity contribution in [3.8, 4) is 0 Å². The van der Waals surface area contributed by atoms with E-state index in [0.29, 0.717) is 5.56 Å². The topological polar surface area (TPSA) is 84.2 Å². The third-order valence-electron chi connectivity index (χ3n) is 3.73. The Kier molecular flexibility index (Phi) is 6.05. The summed E-state index contributed by atoms with van der Waals surface area (Å²) in [5.74, 6) is -2.28. The zero-order chi connectivity index (χ0) is 18.4.